The van der Waals surface area contributed by atoms with E-state index in [1.165, 1.54) is 7.11 Å². The van der Waals surface area contributed by atoms with Gasteiger partial charge in [-0.3, -0.25) is 9.59 Å². The van der Waals surface area contributed by atoms with Crippen molar-refractivity contribution in [1.82, 2.24) is 0 Å². The number of hydrogen-bond donors (Lipinski definition) is 1. The van der Waals surface area contributed by atoms with E-state index in [0.717, 1.165) is 0 Å². The van der Waals surface area contributed by atoms with E-state index >= 15 is 0 Å². The van der Waals surface area contributed by atoms with Gasteiger partial charge in [0.25, 0.3) is 0 Å². The predicted molar refractivity (Wildman–Crippen MR) is 53.2 cm³/mol. The highest BCUT2D eigenvalue weighted by Gasteiger charge is 2.53. The van der Waals surface area contributed by atoms with E-state index in [4.69, 9.17) is 9.47 Å². The zero-order chi connectivity index (χ0) is 11.9. The maximum absolute atomic E-state index is 11.6. The van der Waals surface area contributed by atoms with E-state index in [9.17, 15) is 14.7 Å². The molecule has 0 bridgehead atoms. The van der Waals surface area contributed by atoms with Crippen LogP contribution in [0, 0.1) is 23.7 Å². The van der Waals surface area contributed by atoms with Crippen molar-refractivity contribution in [2.24, 2.45) is 23.7 Å². The summed E-state index contributed by atoms with van der Waals surface area (Å²) < 4.78 is 9.69. The Morgan fingerprint density at radius 2 is 2.25 bits per heavy atom. The van der Waals surface area contributed by atoms with Gasteiger partial charge < -0.3 is 14.6 Å². The third kappa shape index (κ3) is 1.59. The Morgan fingerprint density at radius 1 is 1.56 bits per heavy atom. The number of esters is 2. The van der Waals surface area contributed by atoms with Crippen LogP contribution in [0.5, 0.6) is 0 Å². The number of methoxy groups -OCH3 is 1. The summed E-state index contributed by atoms with van der Waals surface area (Å²) in [5, 5.41) is 9.76. The van der Waals surface area contributed by atoms with Gasteiger partial charge in [0.1, 0.15) is 6.61 Å². The van der Waals surface area contributed by atoms with Crippen molar-refractivity contribution in [3.05, 3.63) is 0 Å². The summed E-state index contributed by atoms with van der Waals surface area (Å²) in [7, 11) is 1.32. The van der Waals surface area contributed by atoms with E-state index in [0.29, 0.717) is 6.42 Å². The molecule has 90 valence electrons. The minimum absolute atomic E-state index is 0.0755. The maximum atomic E-state index is 11.6. The molecular formula is C11H16O5. The molecule has 1 aliphatic carbocycles. The number of ether oxygens (including phenoxy) is 2. The first-order chi connectivity index (χ1) is 7.56. The molecule has 1 N–H and O–H groups in total. The Labute approximate surface area is 93.7 Å². The van der Waals surface area contributed by atoms with Gasteiger partial charge in [0.15, 0.2) is 0 Å². The van der Waals surface area contributed by atoms with Gasteiger partial charge in [-0.1, -0.05) is 6.92 Å². The van der Waals surface area contributed by atoms with Crippen LogP contribution in [0.4, 0.5) is 0 Å². The zero-order valence-electron chi connectivity index (χ0n) is 9.38. The molecule has 5 nitrogen and oxygen atoms in total. The first-order valence-corrected chi connectivity index (χ1v) is 5.48. The molecule has 1 heterocycles. The number of aliphatic hydroxyl groups is 1. The Kier molecular flexibility index (Phi) is 2.88. The molecule has 5 atom stereocenters. The molecule has 0 amide bonds. The Hall–Kier alpha value is -1.10. The smallest absolute Gasteiger partial charge is 0.312 e. The second kappa shape index (κ2) is 4.05. The van der Waals surface area contributed by atoms with Gasteiger partial charge in [-0.05, 0) is 18.3 Å². The summed E-state index contributed by atoms with van der Waals surface area (Å²) in [4.78, 5) is 23.1. The number of aliphatic hydroxyl groups excluding tert-OH is 1. The van der Waals surface area contributed by atoms with E-state index in [-0.39, 0.29) is 36.3 Å². The van der Waals surface area contributed by atoms with Crippen molar-refractivity contribution >= 4 is 11.9 Å². The lowest BCUT2D eigenvalue weighted by molar-refractivity contribution is -0.170. The fraction of sp³-hybridized carbons (Fsp3) is 0.818. The van der Waals surface area contributed by atoms with Crippen LogP contribution >= 0.6 is 0 Å². The minimum atomic E-state index is -0.534. The van der Waals surface area contributed by atoms with Gasteiger partial charge in [-0.2, -0.15) is 0 Å². The molecule has 0 spiro atoms. The fourth-order valence-electron chi connectivity index (χ4n) is 2.86. The van der Waals surface area contributed by atoms with E-state index in [2.05, 4.69) is 0 Å². The first-order valence-electron chi connectivity index (χ1n) is 5.48. The number of cyclic esters (lactones) is 1. The lowest BCUT2D eigenvalue weighted by Crippen LogP contribution is -2.42. The molecule has 1 saturated carbocycles. The largest absolute Gasteiger partial charge is 0.469 e. The number of hydrogen-bond acceptors (Lipinski definition) is 5. The monoisotopic (exact) mass is 228 g/mol. The van der Waals surface area contributed by atoms with Crippen molar-refractivity contribution in [3.8, 4) is 0 Å². The van der Waals surface area contributed by atoms with Gasteiger partial charge in [0.2, 0.25) is 0 Å². The molecule has 0 radical (unpaired) electrons. The molecule has 2 fully saturated rings. The zero-order valence-corrected chi connectivity index (χ0v) is 9.38. The summed E-state index contributed by atoms with van der Waals surface area (Å²) >= 11 is 0. The van der Waals surface area contributed by atoms with Gasteiger partial charge >= 0.3 is 11.9 Å². The molecular weight excluding hydrogens is 212 g/mol. The normalized spacial score (nSPS) is 42.4. The topological polar surface area (TPSA) is 72.8 Å². The minimum Gasteiger partial charge on any atom is -0.469 e. The van der Waals surface area contributed by atoms with Crippen LogP contribution in [-0.4, -0.2) is 36.9 Å². The van der Waals surface area contributed by atoms with Gasteiger partial charge in [-0.25, -0.2) is 0 Å². The van der Waals surface area contributed by atoms with E-state index in [1.54, 1.807) is 0 Å². The van der Waals surface area contributed by atoms with Crippen LogP contribution in [0.15, 0.2) is 0 Å². The molecule has 5 heteroatoms. The lowest BCUT2D eigenvalue weighted by Gasteiger charge is -2.31. The molecule has 0 unspecified atom stereocenters. The molecule has 2 rings (SSSR count). The van der Waals surface area contributed by atoms with Crippen molar-refractivity contribution in [2.75, 3.05) is 13.7 Å². The van der Waals surface area contributed by atoms with Crippen LogP contribution < -0.4 is 0 Å². The first kappa shape index (κ1) is 11.4. The summed E-state index contributed by atoms with van der Waals surface area (Å²) in [6, 6.07) is 0. The Balaban J connectivity index is 2.22. The summed E-state index contributed by atoms with van der Waals surface area (Å²) in [6.07, 6.45) is -0.0615. The fourth-order valence-corrected chi connectivity index (χ4v) is 2.86. The third-order valence-corrected chi connectivity index (χ3v) is 3.85. The summed E-state index contributed by atoms with van der Waals surface area (Å²) in [5.41, 5.74) is 0. The standard InChI is InChI=1S/C11H16O5/c1-5-8(12)3-6-7(10(13)15-2)4-16-11(14)9(5)6/h5-9,12H,3-4H2,1-2H3/t5-,6+,7+,8-,9+/m1/s1. The maximum Gasteiger partial charge on any atom is 0.312 e. The second-order valence-electron chi connectivity index (χ2n) is 4.61. The Morgan fingerprint density at radius 3 is 2.88 bits per heavy atom. The van der Waals surface area contributed by atoms with Crippen LogP contribution in [0.25, 0.3) is 0 Å². The quantitative estimate of drug-likeness (QED) is 0.638. The van der Waals surface area contributed by atoms with Crippen molar-refractivity contribution < 1.29 is 24.2 Å². The van der Waals surface area contributed by atoms with Crippen LogP contribution in [0.2, 0.25) is 0 Å². The highest BCUT2D eigenvalue weighted by Crippen LogP contribution is 2.44. The van der Waals surface area contributed by atoms with Crippen LogP contribution in [0.3, 0.4) is 0 Å². The molecule has 0 aromatic heterocycles. The third-order valence-electron chi connectivity index (χ3n) is 3.85. The molecule has 0 aromatic carbocycles. The highest BCUT2D eigenvalue weighted by molar-refractivity contribution is 5.80. The number of rotatable bonds is 1. The molecule has 2 aliphatic rings. The summed E-state index contributed by atoms with van der Waals surface area (Å²) in [5.74, 6) is -1.73. The SMILES string of the molecule is COC(=O)[C@H]1COC(=O)[C@H]2[C@H](C)[C@H](O)C[C@H]21. The summed E-state index contributed by atoms with van der Waals surface area (Å²) in [6.45, 7) is 1.89. The molecule has 16 heavy (non-hydrogen) atoms. The second-order valence-corrected chi connectivity index (χ2v) is 4.61. The van der Waals surface area contributed by atoms with E-state index < -0.39 is 12.0 Å². The Bertz CT molecular complexity index is 313. The average molecular weight is 228 g/mol. The van der Waals surface area contributed by atoms with Crippen molar-refractivity contribution in [1.29, 1.82) is 0 Å². The highest BCUT2D eigenvalue weighted by atomic mass is 16.5. The number of fused-ring (bicyclic) bond motifs is 1. The lowest BCUT2D eigenvalue weighted by atomic mass is 9.80. The van der Waals surface area contributed by atoms with Crippen molar-refractivity contribution in [3.63, 3.8) is 0 Å². The van der Waals surface area contributed by atoms with Gasteiger partial charge in [0, 0.05) is 0 Å². The molecule has 1 aliphatic heterocycles. The predicted octanol–water partition coefficient (Wildman–Crippen LogP) is -0.0345. The number of carbonyl (C=O) groups is 2. The molecule has 0 aromatic rings. The van der Waals surface area contributed by atoms with E-state index in [1.807, 2.05) is 6.92 Å². The van der Waals surface area contributed by atoms with Gasteiger partial charge in [-0.15, -0.1) is 0 Å². The number of carbonyl (C=O) groups excluding carboxylic acids is 2. The van der Waals surface area contributed by atoms with Crippen molar-refractivity contribution in [2.45, 2.75) is 19.4 Å². The average Bonchev–Trinajstić information content (AvgIpc) is 2.56. The van der Waals surface area contributed by atoms with Crippen LogP contribution in [0.1, 0.15) is 13.3 Å². The van der Waals surface area contributed by atoms with Gasteiger partial charge in [0.05, 0.1) is 25.0 Å². The molecule has 1 saturated heterocycles. The van der Waals surface area contributed by atoms with Crippen LogP contribution in [-0.2, 0) is 19.1 Å².